The summed E-state index contributed by atoms with van der Waals surface area (Å²) in [6, 6.07) is 1.89. The lowest BCUT2D eigenvalue weighted by Gasteiger charge is -2.38. The van der Waals surface area contributed by atoms with Gasteiger partial charge >= 0.3 is 0 Å². The molecule has 0 aromatic carbocycles. The SMILES string of the molecule is O=C1CCCN1Cc1cn(C2CN(C(=O)c3cc(C4CC4)on3)C2)nn1. The van der Waals surface area contributed by atoms with Crippen molar-refractivity contribution >= 4 is 11.8 Å². The Balaban J connectivity index is 1.17. The molecule has 9 nitrogen and oxygen atoms in total. The van der Waals surface area contributed by atoms with E-state index in [1.165, 1.54) is 0 Å². The molecule has 26 heavy (non-hydrogen) atoms. The van der Waals surface area contributed by atoms with Crippen LogP contribution in [-0.4, -0.2) is 61.4 Å². The zero-order valence-corrected chi connectivity index (χ0v) is 14.4. The van der Waals surface area contributed by atoms with Gasteiger partial charge in [0.2, 0.25) is 5.91 Å². The highest BCUT2D eigenvalue weighted by molar-refractivity contribution is 5.92. The fourth-order valence-corrected chi connectivity index (χ4v) is 3.53. The van der Waals surface area contributed by atoms with Crippen molar-refractivity contribution in [2.75, 3.05) is 19.6 Å². The van der Waals surface area contributed by atoms with Crippen molar-refractivity contribution in [1.82, 2.24) is 30.0 Å². The van der Waals surface area contributed by atoms with E-state index in [4.69, 9.17) is 4.52 Å². The second-order valence-corrected chi connectivity index (χ2v) is 7.36. The predicted octanol–water partition coefficient (Wildman–Crippen LogP) is 0.963. The topological polar surface area (TPSA) is 97.4 Å². The standard InChI is InChI=1S/C17H20N6O3/c24-16-2-1-5-21(16)7-12-8-23(20-18-12)13-9-22(10-13)17(25)14-6-15(26-19-14)11-3-4-11/h6,8,11,13H,1-5,7,9-10H2. The van der Waals surface area contributed by atoms with Gasteiger partial charge in [0.25, 0.3) is 5.91 Å². The van der Waals surface area contributed by atoms with Crippen molar-refractivity contribution in [3.8, 4) is 0 Å². The van der Waals surface area contributed by atoms with E-state index in [9.17, 15) is 9.59 Å². The molecule has 5 rings (SSSR count). The third-order valence-electron chi connectivity index (χ3n) is 5.33. The summed E-state index contributed by atoms with van der Waals surface area (Å²) in [7, 11) is 0. The molecule has 2 saturated heterocycles. The fourth-order valence-electron chi connectivity index (χ4n) is 3.53. The van der Waals surface area contributed by atoms with E-state index >= 15 is 0 Å². The number of carbonyl (C=O) groups is 2. The van der Waals surface area contributed by atoms with Crippen LogP contribution in [0.3, 0.4) is 0 Å². The Bertz CT molecular complexity index is 848. The molecule has 2 aromatic heterocycles. The summed E-state index contributed by atoms with van der Waals surface area (Å²) in [6.07, 6.45) is 5.65. The van der Waals surface area contributed by atoms with Crippen LogP contribution in [0.15, 0.2) is 16.8 Å². The second kappa shape index (κ2) is 5.93. The zero-order chi connectivity index (χ0) is 17.7. The van der Waals surface area contributed by atoms with Crippen LogP contribution in [0, 0.1) is 0 Å². The van der Waals surface area contributed by atoms with Crippen molar-refractivity contribution in [1.29, 1.82) is 0 Å². The van der Waals surface area contributed by atoms with Crippen LogP contribution in [-0.2, 0) is 11.3 Å². The first-order valence-corrected chi connectivity index (χ1v) is 9.12. The average Bonchev–Trinajstić information content (AvgIpc) is 2.98. The number of likely N-dealkylation sites (tertiary alicyclic amines) is 2. The molecule has 1 saturated carbocycles. The van der Waals surface area contributed by atoms with Gasteiger partial charge in [-0.15, -0.1) is 5.10 Å². The molecule has 1 aliphatic carbocycles. The summed E-state index contributed by atoms with van der Waals surface area (Å²) in [5.74, 6) is 1.35. The maximum absolute atomic E-state index is 12.4. The van der Waals surface area contributed by atoms with Crippen molar-refractivity contribution in [3.05, 3.63) is 29.4 Å². The number of nitrogens with zero attached hydrogens (tertiary/aromatic N) is 6. The minimum atomic E-state index is -0.0973. The molecule has 3 aliphatic rings. The lowest BCUT2D eigenvalue weighted by atomic mass is 10.1. The third kappa shape index (κ3) is 2.77. The number of hydrogen-bond acceptors (Lipinski definition) is 6. The van der Waals surface area contributed by atoms with E-state index in [0.29, 0.717) is 37.7 Å². The molecule has 0 unspecified atom stereocenters. The molecule has 3 fully saturated rings. The molecule has 4 heterocycles. The van der Waals surface area contributed by atoms with Crippen LogP contribution in [0.4, 0.5) is 0 Å². The highest BCUT2D eigenvalue weighted by Crippen LogP contribution is 2.40. The fraction of sp³-hybridized carbons (Fsp3) is 0.588. The van der Waals surface area contributed by atoms with Gasteiger partial charge in [0.15, 0.2) is 5.69 Å². The number of amides is 2. The molecule has 0 atom stereocenters. The van der Waals surface area contributed by atoms with Gasteiger partial charge in [-0.3, -0.25) is 9.59 Å². The Hall–Kier alpha value is -2.71. The molecule has 0 bridgehead atoms. The number of carbonyl (C=O) groups excluding carboxylic acids is 2. The summed E-state index contributed by atoms with van der Waals surface area (Å²) >= 11 is 0. The first-order valence-electron chi connectivity index (χ1n) is 9.12. The van der Waals surface area contributed by atoms with Gasteiger partial charge in [-0.05, 0) is 19.3 Å². The molecule has 2 amide bonds. The van der Waals surface area contributed by atoms with Gasteiger partial charge in [0.1, 0.15) is 11.5 Å². The largest absolute Gasteiger partial charge is 0.360 e. The van der Waals surface area contributed by atoms with E-state index < -0.39 is 0 Å². The monoisotopic (exact) mass is 356 g/mol. The Morgan fingerprint density at radius 2 is 2.15 bits per heavy atom. The third-order valence-corrected chi connectivity index (χ3v) is 5.33. The van der Waals surface area contributed by atoms with Gasteiger partial charge in [-0.25, -0.2) is 4.68 Å². The van der Waals surface area contributed by atoms with Gasteiger partial charge < -0.3 is 14.3 Å². The van der Waals surface area contributed by atoms with Gasteiger partial charge in [-0.1, -0.05) is 10.4 Å². The first kappa shape index (κ1) is 15.5. The quantitative estimate of drug-likeness (QED) is 0.792. The predicted molar refractivity (Wildman–Crippen MR) is 88.1 cm³/mol. The summed E-state index contributed by atoms with van der Waals surface area (Å²) in [4.78, 5) is 27.7. The summed E-state index contributed by atoms with van der Waals surface area (Å²) in [5, 5.41) is 12.2. The van der Waals surface area contributed by atoms with E-state index in [2.05, 4.69) is 15.5 Å². The summed E-state index contributed by atoms with van der Waals surface area (Å²) < 4.78 is 7.05. The van der Waals surface area contributed by atoms with E-state index in [1.807, 2.05) is 11.1 Å². The van der Waals surface area contributed by atoms with E-state index in [-0.39, 0.29) is 17.9 Å². The molecule has 0 spiro atoms. The lowest BCUT2D eigenvalue weighted by Crippen LogP contribution is -2.51. The second-order valence-electron chi connectivity index (χ2n) is 7.36. The van der Waals surface area contributed by atoms with Crippen molar-refractivity contribution in [3.63, 3.8) is 0 Å². The molecular weight excluding hydrogens is 336 g/mol. The van der Waals surface area contributed by atoms with Crippen molar-refractivity contribution in [2.45, 2.75) is 44.2 Å². The van der Waals surface area contributed by atoms with E-state index in [0.717, 1.165) is 37.3 Å². The van der Waals surface area contributed by atoms with Crippen LogP contribution in [0.5, 0.6) is 0 Å². The summed E-state index contributed by atoms with van der Waals surface area (Å²) in [5.41, 5.74) is 1.17. The molecule has 136 valence electrons. The molecule has 9 heteroatoms. The minimum absolute atomic E-state index is 0.0973. The normalized spacial score (nSPS) is 20.7. The van der Waals surface area contributed by atoms with Crippen molar-refractivity contribution in [2.24, 2.45) is 0 Å². The highest BCUT2D eigenvalue weighted by atomic mass is 16.5. The van der Waals surface area contributed by atoms with Crippen LogP contribution in [0.1, 0.15) is 59.6 Å². The van der Waals surface area contributed by atoms with Gasteiger partial charge in [0.05, 0.1) is 18.8 Å². The maximum Gasteiger partial charge on any atom is 0.276 e. The molecule has 2 aliphatic heterocycles. The lowest BCUT2D eigenvalue weighted by molar-refractivity contribution is -0.128. The highest BCUT2D eigenvalue weighted by Gasteiger charge is 2.36. The van der Waals surface area contributed by atoms with Crippen LogP contribution in [0.25, 0.3) is 0 Å². The number of rotatable bonds is 5. The maximum atomic E-state index is 12.4. The van der Waals surface area contributed by atoms with Crippen LogP contribution in [0.2, 0.25) is 0 Å². The van der Waals surface area contributed by atoms with Crippen LogP contribution < -0.4 is 0 Å². The number of aromatic nitrogens is 4. The molecule has 0 radical (unpaired) electrons. The summed E-state index contributed by atoms with van der Waals surface area (Å²) in [6.45, 7) is 2.46. The smallest absolute Gasteiger partial charge is 0.276 e. The first-order chi connectivity index (χ1) is 12.7. The molecule has 0 N–H and O–H groups in total. The molecular formula is C17H20N6O3. The Morgan fingerprint density at radius 3 is 2.88 bits per heavy atom. The molecule has 2 aromatic rings. The van der Waals surface area contributed by atoms with Gasteiger partial charge in [-0.2, -0.15) is 0 Å². The Kier molecular flexibility index (Phi) is 3.54. The minimum Gasteiger partial charge on any atom is -0.360 e. The van der Waals surface area contributed by atoms with E-state index in [1.54, 1.807) is 15.6 Å². The number of hydrogen-bond donors (Lipinski definition) is 0. The zero-order valence-electron chi connectivity index (χ0n) is 14.4. The Morgan fingerprint density at radius 1 is 1.31 bits per heavy atom. The van der Waals surface area contributed by atoms with Gasteiger partial charge in [0, 0.05) is 38.0 Å². The van der Waals surface area contributed by atoms with Crippen molar-refractivity contribution < 1.29 is 14.1 Å². The Labute approximate surface area is 149 Å². The van der Waals surface area contributed by atoms with Crippen LogP contribution >= 0.6 is 0 Å². The average molecular weight is 356 g/mol.